The molecule has 2 nitrogen and oxygen atoms in total. The largest absolute Gasteiger partial charge is 0.300 e. The molecule has 0 amide bonds. The van der Waals surface area contributed by atoms with Crippen LogP contribution in [0.1, 0.15) is 35.2 Å². The minimum Gasteiger partial charge on any atom is -0.300 e. The first-order chi connectivity index (χ1) is 7.58. The maximum atomic E-state index is 13.1. The molecule has 1 unspecified atom stereocenters. The van der Waals surface area contributed by atoms with Gasteiger partial charge in [-0.05, 0) is 31.0 Å². The molecule has 0 radical (unpaired) electrons. The third kappa shape index (κ3) is 2.03. The zero-order valence-electron chi connectivity index (χ0n) is 9.13. The number of halogens is 1. The van der Waals surface area contributed by atoms with Crippen LogP contribution in [0.4, 0.5) is 4.39 Å². The van der Waals surface area contributed by atoms with E-state index in [-0.39, 0.29) is 17.5 Å². The van der Waals surface area contributed by atoms with E-state index in [0.717, 1.165) is 5.56 Å². The van der Waals surface area contributed by atoms with Crippen molar-refractivity contribution in [2.75, 3.05) is 0 Å². The highest BCUT2D eigenvalue weighted by molar-refractivity contribution is 6.02. The molecule has 0 N–H and O–H groups in total. The van der Waals surface area contributed by atoms with E-state index < -0.39 is 5.82 Å². The van der Waals surface area contributed by atoms with E-state index >= 15 is 0 Å². The number of carbonyl (C=O) groups is 2. The van der Waals surface area contributed by atoms with E-state index in [0.29, 0.717) is 24.8 Å². The Balaban J connectivity index is 2.27. The number of rotatable bonds is 2. The zero-order valence-corrected chi connectivity index (χ0v) is 9.13. The number of hydrogen-bond acceptors (Lipinski definition) is 2. The van der Waals surface area contributed by atoms with Gasteiger partial charge in [-0.1, -0.05) is 6.07 Å². The number of benzene rings is 1. The van der Waals surface area contributed by atoms with Crippen molar-refractivity contribution in [2.24, 2.45) is 5.92 Å². The Bertz CT molecular complexity index is 451. The van der Waals surface area contributed by atoms with Crippen molar-refractivity contribution in [3.05, 3.63) is 35.1 Å². The van der Waals surface area contributed by atoms with Gasteiger partial charge in [-0.15, -0.1) is 0 Å². The van der Waals surface area contributed by atoms with Crippen molar-refractivity contribution in [2.45, 2.75) is 26.2 Å². The van der Waals surface area contributed by atoms with Gasteiger partial charge in [0.15, 0.2) is 5.78 Å². The topological polar surface area (TPSA) is 34.1 Å². The van der Waals surface area contributed by atoms with Crippen molar-refractivity contribution < 1.29 is 14.0 Å². The summed E-state index contributed by atoms with van der Waals surface area (Å²) in [5.41, 5.74) is 1.19. The molecule has 1 aromatic carbocycles. The Morgan fingerprint density at radius 2 is 2.19 bits per heavy atom. The zero-order chi connectivity index (χ0) is 11.7. The molecular formula is C13H13FO2. The van der Waals surface area contributed by atoms with Gasteiger partial charge in [-0.3, -0.25) is 9.59 Å². The molecule has 3 heteroatoms. The second-order valence-electron chi connectivity index (χ2n) is 4.30. The SMILES string of the molecule is Cc1ccc(F)cc1C(=O)C1CCC(=O)C1. The van der Waals surface area contributed by atoms with Crippen molar-refractivity contribution in [1.29, 1.82) is 0 Å². The summed E-state index contributed by atoms with van der Waals surface area (Å²) in [6.07, 6.45) is 1.40. The maximum absolute atomic E-state index is 13.1. The van der Waals surface area contributed by atoms with Gasteiger partial charge in [0.1, 0.15) is 11.6 Å². The normalized spacial score (nSPS) is 20.1. The molecule has 1 aliphatic rings. The highest BCUT2D eigenvalue weighted by Crippen LogP contribution is 2.27. The summed E-state index contributed by atoms with van der Waals surface area (Å²) in [5, 5.41) is 0. The average Bonchev–Trinajstić information content (AvgIpc) is 2.67. The van der Waals surface area contributed by atoms with Crippen LogP contribution in [0.5, 0.6) is 0 Å². The first-order valence-electron chi connectivity index (χ1n) is 5.40. The van der Waals surface area contributed by atoms with E-state index in [9.17, 15) is 14.0 Å². The van der Waals surface area contributed by atoms with Crippen molar-refractivity contribution >= 4 is 11.6 Å². The van der Waals surface area contributed by atoms with Crippen LogP contribution in [0.2, 0.25) is 0 Å². The average molecular weight is 220 g/mol. The summed E-state index contributed by atoms with van der Waals surface area (Å²) in [5.74, 6) is -0.610. The van der Waals surface area contributed by atoms with Crippen molar-refractivity contribution in [3.8, 4) is 0 Å². The number of hydrogen-bond donors (Lipinski definition) is 0. The van der Waals surface area contributed by atoms with E-state index in [4.69, 9.17) is 0 Å². The quantitative estimate of drug-likeness (QED) is 0.718. The lowest BCUT2D eigenvalue weighted by Gasteiger charge is -2.09. The maximum Gasteiger partial charge on any atom is 0.166 e. The van der Waals surface area contributed by atoms with E-state index in [1.807, 2.05) is 0 Å². The van der Waals surface area contributed by atoms with Gasteiger partial charge >= 0.3 is 0 Å². The van der Waals surface area contributed by atoms with Gasteiger partial charge in [0.25, 0.3) is 0 Å². The first kappa shape index (κ1) is 11.0. The molecule has 0 spiro atoms. The Hall–Kier alpha value is -1.51. The minimum absolute atomic E-state index is 0.0946. The van der Waals surface area contributed by atoms with E-state index in [1.54, 1.807) is 13.0 Å². The highest BCUT2D eigenvalue weighted by Gasteiger charge is 2.29. The van der Waals surface area contributed by atoms with Crippen LogP contribution in [-0.4, -0.2) is 11.6 Å². The molecule has 1 saturated carbocycles. The molecule has 0 bridgehead atoms. The fourth-order valence-electron chi connectivity index (χ4n) is 2.12. The minimum atomic E-state index is -0.404. The molecule has 1 aromatic rings. The number of carbonyl (C=O) groups excluding carboxylic acids is 2. The Labute approximate surface area is 93.5 Å². The second kappa shape index (κ2) is 4.16. The fraction of sp³-hybridized carbons (Fsp3) is 0.385. The molecule has 1 atom stereocenters. The van der Waals surface area contributed by atoms with Gasteiger partial charge in [-0.25, -0.2) is 4.39 Å². The van der Waals surface area contributed by atoms with Crippen LogP contribution in [0.15, 0.2) is 18.2 Å². The van der Waals surface area contributed by atoms with Crippen LogP contribution in [0, 0.1) is 18.7 Å². The van der Waals surface area contributed by atoms with Gasteiger partial charge in [-0.2, -0.15) is 0 Å². The van der Waals surface area contributed by atoms with Gasteiger partial charge in [0, 0.05) is 24.3 Å². The van der Waals surface area contributed by atoms with E-state index in [1.165, 1.54) is 12.1 Å². The third-order valence-electron chi connectivity index (χ3n) is 3.08. The van der Waals surface area contributed by atoms with Crippen LogP contribution in [0.25, 0.3) is 0 Å². The number of Topliss-reactive ketones (excluding diaryl/α,β-unsaturated/α-hetero) is 2. The molecule has 16 heavy (non-hydrogen) atoms. The molecule has 84 valence electrons. The van der Waals surface area contributed by atoms with Gasteiger partial charge in [0.2, 0.25) is 0 Å². The molecular weight excluding hydrogens is 207 g/mol. The number of ketones is 2. The van der Waals surface area contributed by atoms with Crippen LogP contribution < -0.4 is 0 Å². The van der Waals surface area contributed by atoms with Crippen LogP contribution in [0.3, 0.4) is 0 Å². The predicted molar refractivity (Wildman–Crippen MR) is 57.8 cm³/mol. The summed E-state index contributed by atoms with van der Waals surface area (Å²) in [7, 11) is 0. The first-order valence-corrected chi connectivity index (χ1v) is 5.40. The molecule has 0 heterocycles. The molecule has 1 fully saturated rings. The van der Waals surface area contributed by atoms with Gasteiger partial charge in [0.05, 0.1) is 0 Å². The summed E-state index contributed by atoms with van der Waals surface area (Å²) in [6, 6.07) is 4.20. The van der Waals surface area contributed by atoms with Crippen LogP contribution in [-0.2, 0) is 4.79 Å². The molecule has 2 rings (SSSR count). The van der Waals surface area contributed by atoms with E-state index in [2.05, 4.69) is 0 Å². The van der Waals surface area contributed by atoms with Gasteiger partial charge < -0.3 is 0 Å². The summed E-state index contributed by atoms with van der Waals surface area (Å²) in [4.78, 5) is 23.2. The standard InChI is InChI=1S/C13H13FO2/c1-8-2-4-10(14)7-12(8)13(16)9-3-5-11(15)6-9/h2,4,7,9H,3,5-6H2,1H3. The summed E-state index contributed by atoms with van der Waals surface area (Å²) in [6.45, 7) is 1.78. The third-order valence-corrected chi connectivity index (χ3v) is 3.08. The van der Waals surface area contributed by atoms with Crippen molar-refractivity contribution in [3.63, 3.8) is 0 Å². The predicted octanol–water partition coefficient (Wildman–Crippen LogP) is 2.69. The number of aryl methyl sites for hydroxylation is 1. The lowest BCUT2D eigenvalue weighted by Crippen LogP contribution is -2.13. The lowest BCUT2D eigenvalue weighted by molar-refractivity contribution is -0.117. The molecule has 0 aromatic heterocycles. The Morgan fingerprint density at radius 1 is 1.44 bits per heavy atom. The molecule has 1 aliphatic carbocycles. The summed E-state index contributed by atoms with van der Waals surface area (Å²) < 4.78 is 13.1. The monoisotopic (exact) mass is 220 g/mol. The van der Waals surface area contributed by atoms with Crippen molar-refractivity contribution in [1.82, 2.24) is 0 Å². The molecule has 0 saturated heterocycles. The summed E-state index contributed by atoms with van der Waals surface area (Å²) >= 11 is 0. The Morgan fingerprint density at radius 3 is 2.81 bits per heavy atom. The lowest BCUT2D eigenvalue weighted by atomic mass is 9.93. The smallest absolute Gasteiger partial charge is 0.166 e. The second-order valence-corrected chi connectivity index (χ2v) is 4.30. The Kier molecular flexibility index (Phi) is 2.86. The molecule has 0 aliphatic heterocycles. The fourth-order valence-corrected chi connectivity index (χ4v) is 2.12. The van der Waals surface area contributed by atoms with Crippen LogP contribution >= 0.6 is 0 Å². The highest BCUT2D eigenvalue weighted by atomic mass is 19.1.